The van der Waals surface area contributed by atoms with E-state index in [0.717, 1.165) is 0 Å². The van der Waals surface area contributed by atoms with E-state index >= 15 is 0 Å². The third-order valence-corrected chi connectivity index (χ3v) is 5.79. The van der Waals surface area contributed by atoms with Gasteiger partial charge >= 0.3 is 0 Å². The summed E-state index contributed by atoms with van der Waals surface area (Å²) in [5, 5.41) is 4.29. The summed E-state index contributed by atoms with van der Waals surface area (Å²) in [5.74, 6) is 0. The normalized spacial score (nSPS) is 10.9. The summed E-state index contributed by atoms with van der Waals surface area (Å²) in [5.41, 5.74) is 2.67. The van der Waals surface area contributed by atoms with E-state index in [9.17, 15) is 0 Å². The Morgan fingerprint density at radius 1 is 0.857 bits per heavy atom. The van der Waals surface area contributed by atoms with Gasteiger partial charge in [-0.15, -0.1) is 22.7 Å². The lowest BCUT2D eigenvalue weighted by Gasteiger charge is -2.02. The molecule has 0 aromatic carbocycles. The van der Waals surface area contributed by atoms with Gasteiger partial charge in [-0.05, 0) is 45.7 Å². The highest BCUT2D eigenvalue weighted by Gasteiger charge is 2.15. The lowest BCUT2D eigenvalue weighted by molar-refractivity contribution is 1.53. The molecule has 0 saturated heterocycles. The molecule has 14 heavy (non-hydrogen) atoms. The minimum atomic E-state index is 1.20. The second-order valence-corrected chi connectivity index (χ2v) is 6.91. The van der Waals surface area contributed by atoms with Crippen molar-refractivity contribution in [1.29, 1.82) is 0 Å². The van der Waals surface area contributed by atoms with Gasteiger partial charge in [-0.3, -0.25) is 0 Å². The van der Waals surface area contributed by atoms with Gasteiger partial charge in [0.2, 0.25) is 0 Å². The van der Waals surface area contributed by atoms with Crippen LogP contribution in [0.3, 0.4) is 0 Å². The minimum Gasteiger partial charge on any atom is -0.147 e. The van der Waals surface area contributed by atoms with Crippen molar-refractivity contribution in [3.05, 3.63) is 29.5 Å². The molecule has 2 rings (SSSR count). The second kappa shape index (κ2) is 4.08. The van der Waals surface area contributed by atoms with E-state index in [1.807, 2.05) is 0 Å². The molecule has 0 unspecified atom stereocenters. The van der Waals surface area contributed by atoms with Crippen molar-refractivity contribution >= 4 is 54.5 Å². The molecule has 0 bridgehead atoms. The average molecular weight is 352 g/mol. The average Bonchev–Trinajstić information content (AvgIpc) is 2.60. The van der Waals surface area contributed by atoms with Crippen molar-refractivity contribution in [3.63, 3.8) is 0 Å². The maximum atomic E-state index is 3.60. The molecule has 2 aromatic rings. The molecule has 0 radical (unpaired) electrons. The maximum Gasteiger partial charge on any atom is 0.0364 e. The van der Waals surface area contributed by atoms with Gasteiger partial charge in [-0.1, -0.05) is 0 Å². The van der Waals surface area contributed by atoms with Crippen LogP contribution in [0.15, 0.2) is 19.7 Å². The fourth-order valence-corrected chi connectivity index (χ4v) is 4.71. The van der Waals surface area contributed by atoms with Crippen molar-refractivity contribution in [2.24, 2.45) is 0 Å². The van der Waals surface area contributed by atoms with E-state index in [4.69, 9.17) is 0 Å². The molecule has 0 fully saturated rings. The molecule has 0 saturated carbocycles. The topological polar surface area (TPSA) is 0 Å². The van der Waals surface area contributed by atoms with Crippen molar-refractivity contribution in [3.8, 4) is 11.1 Å². The first-order valence-electron chi connectivity index (χ1n) is 4.08. The molecule has 4 heteroatoms. The van der Waals surface area contributed by atoms with E-state index in [-0.39, 0.29) is 0 Å². The van der Waals surface area contributed by atoms with Crippen LogP contribution in [0.2, 0.25) is 0 Å². The van der Waals surface area contributed by atoms with E-state index in [2.05, 4.69) is 56.5 Å². The maximum absolute atomic E-state index is 3.60. The number of thiophene rings is 2. The Balaban J connectivity index is 2.71. The Hall–Kier alpha value is 0.360. The van der Waals surface area contributed by atoms with Crippen molar-refractivity contribution in [2.75, 3.05) is 0 Å². The van der Waals surface area contributed by atoms with Gasteiger partial charge in [0.25, 0.3) is 0 Å². The molecule has 0 aliphatic heterocycles. The standard InChI is InChI=1S/C10H8Br2S2/c1-5-9(7(11)3-13-5)10-6(2)14-4-8(10)12/h3-4H,1-2H3. The zero-order chi connectivity index (χ0) is 10.3. The van der Waals surface area contributed by atoms with Crippen LogP contribution in [-0.4, -0.2) is 0 Å². The molecular weight excluding hydrogens is 344 g/mol. The van der Waals surface area contributed by atoms with E-state index in [1.54, 1.807) is 22.7 Å². The predicted octanol–water partition coefficient (Wildman–Crippen LogP) is 5.62. The summed E-state index contributed by atoms with van der Waals surface area (Å²) in [7, 11) is 0. The van der Waals surface area contributed by atoms with Crippen LogP contribution in [0.4, 0.5) is 0 Å². The minimum absolute atomic E-state index is 1.20. The first kappa shape index (κ1) is 10.9. The number of hydrogen-bond donors (Lipinski definition) is 0. The van der Waals surface area contributed by atoms with Gasteiger partial charge < -0.3 is 0 Å². The fourth-order valence-electron chi connectivity index (χ4n) is 1.44. The van der Waals surface area contributed by atoms with Crippen LogP contribution in [-0.2, 0) is 0 Å². The highest BCUT2D eigenvalue weighted by atomic mass is 79.9. The van der Waals surface area contributed by atoms with Gasteiger partial charge in [0.05, 0.1) is 0 Å². The van der Waals surface area contributed by atoms with Crippen LogP contribution < -0.4 is 0 Å². The molecule has 0 spiro atoms. The lowest BCUT2D eigenvalue weighted by atomic mass is 10.1. The number of aryl methyl sites for hydroxylation is 2. The second-order valence-electron chi connectivity index (χ2n) is 3.03. The number of halogens is 2. The molecule has 0 atom stereocenters. The molecule has 0 aliphatic carbocycles. The Morgan fingerprint density at radius 2 is 1.21 bits per heavy atom. The summed E-state index contributed by atoms with van der Waals surface area (Å²) >= 11 is 10.8. The van der Waals surface area contributed by atoms with Crippen LogP contribution in [0, 0.1) is 13.8 Å². The molecule has 0 amide bonds. The van der Waals surface area contributed by atoms with Crippen molar-refractivity contribution in [2.45, 2.75) is 13.8 Å². The highest BCUT2D eigenvalue weighted by Crippen LogP contribution is 2.43. The molecule has 2 heterocycles. The SMILES string of the molecule is Cc1scc(Br)c1-c1c(Br)csc1C. The van der Waals surface area contributed by atoms with Gasteiger partial charge in [0, 0.05) is 40.6 Å². The largest absolute Gasteiger partial charge is 0.147 e. The first-order valence-corrected chi connectivity index (χ1v) is 7.43. The zero-order valence-corrected chi connectivity index (χ0v) is 12.5. The molecule has 74 valence electrons. The summed E-state index contributed by atoms with van der Waals surface area (Å²) in [4.78, 5) is 2.72. The number of hydrogen-bond acceptors (Lipinski definition) is 2. The van der Waals surface area contributed by atoms with Crippen molar-refractivity contribution < 1.29 is 0 Å². The van der Waals surface area contributed by atoms with Gasteiger partial charge in [-0.25, -0.2) is 0 Å². The Kier molecular flexibility index (Phi) is 3.17. The van der Waals surface area contributed by atoms with Crippen LogP contribution in [0.25, 0.3) is 11.1 Å². The van der Waals surface area contributed by atoms with E-state index in [1.165, 1.54) is 29.8 Å². The highest BCUT2D eigenvalue weighted by molar-refractivity contribution is 9.11. The Morgan fingerprint density at radius 3 is 1.43 bits per heavy atom. The summed E-state index contributed by atoms with van der Waals surface area (Å²) in [6.45, 7) is 4.32. The first-order chi connectivity index (χ1) is 6.61. The quantitative estimate of drug-likeness (QED) is 0.625. The predicted molar refractivity (Wildman–Crippen MR) is 72.5 cm³/mol. The number of rotatable bonds is 1. The molecule has 0 aliphatic rings. The monoisotopic (exact) mass is 350 g/mol. The third kappa shape index (κ3) is 1.73. The summed E-state index contributed by atoms with van der Waals surface area (Å²) in [6, 6.07) is 0. The fraction of sp³-hybridized carbons (Fsp3) is 0.200. The van der Waals surface area contributed by atoms with E-state index < -0.39 is 0 Å². The van der Waals surface area contributed by atoms with E-state index in [0.29, 0.717) is 0 Å². The van der Waals surface area contributed by atoms with Crippen LogP contribution >= 0.6 is 54.5 Å². The molecule has 0 N–H and O–H groups in total. The Labute approximate surface area is 108 Å². The van der Waals surface area contributed by atoms with Gasteiger partial charge in [0.1, 0.15) is 0 Å². The third-order valence-electron chi connectivity index (χ3n) is 2.11. The summed E-state index contributed by atoms with van der Waals surface area (Å²) < 4.78 is 2.39. The van der Waals surface area contributed by atoms with Crippen LogP contribution in [0.5, 0.6) is 0 Å². The van der Waals surface area contributed by atoms with Gasteiger partial charge in [-0.2, -0.15) is 0 Å². The Bertz CT molecular complexity index is 385. The smallest absolute Gasteiger partial charge is 0.0364 e. The van der Waals surface area contributed by atoms with Crippen molar-refractivity contribution in [1.82, 2.24) is 0 Å². The lowest BCUT2D eigenvalue weighted by Crippen LogP contribution is -1.78. The molecule has 2 aromatic heterocycles. The summed E-state index contributed by atoms with van der Waals surface area (Å²) in [6.07, 6.45) is 0. The van der Waals surface area contributed by atoms with Gasteiger partial charge in [0.15, 0.2) is 0 Å². The zero-order valence-electron chi connectivity index (χ0n) is 7.73. The molecular formula is C10H8Br2S2. The molecule has 0 nitrogen and oxygen atoms in total. The van der Waals surface area contributed by atoms with Crippen LogP contribution in [0.1, 0.15) is 9.75 Å².